The fraction of sp³-hybridized carbons (Fsp3) is 1.00. The zero-order valence-electron chi connectivity index (χ0n) is 7.06. The van der Waals surface area contributed by atoms with E-state index < -0.39 is 6.43 Å². The van der Waals surface area contributed by atoms with Gasteiger partial charge in [0.25, 0.3) is 0 Å². The van der Waals surface area contributed by atoms with Gasteiger partial charge in [0.15, 0.2) is 0 Å². The van der Waals surface area contributed by atoms with Crippen molar-refractivity contribution in [3.63, 3.8) is 0 Å². The smallest absolute Gasteiger partial charge is 0.239 e. The molecule has 0 aliphatic carbocycles. The SMILES string of the molecule is CC(C)N1CC(CC(F)F)C1. The molecule has 0 atom stereocenters. The molecule has 1 aliphatic rings. The Labute approximate surface area is 66.4 Å². The third-order valence-corrected chi connectivity index (χ3v) is 2.23. The van der Waals surface area contributed by atoms with Crippen molar-refractivity contribution in [1.29, 1.82) is 0 Å². The van der Waals surface area contributed by atoms with Crippen molar-refractivity contribution < 1.29 is 8.78 Å². The Hall–Kier alpha value is -0.180. The molecule has 1 aliphatic heterocycles. The topological polar surface area (TPSA) is 3.24 Å². The lowest BCUT2D eigenvalue weighted by molar-refractivity contribution is 0.0187. The van der Waals surface area contributed by atoms with Gasteiger partial charge in [-0.25, -0.2) is 8.78 Å². The molecule has 1 nitrogen and oxygen atoms in total. The molecule has 1 saturated heterocycles. The maximum atomic E-state index is 11.8. The molecule has 0 spiro atoms. The minimum Gasteiger partial charge on any atom is -0.300 e. The van der Waals surface area contributed by atoms with Crippen LogP contribution in [0.4, 0.5) is 8.78 Å². The summed E-state index contributed by atoms with van der Waals surface area (Å²) in [6, 6.07) is 0.518. The van der Waals surface area contributed by atoms with Crippen LogP contribution in [0.3, 0.4) is 0 Å². The Morgan fingerprint density at radius 3 is 2.27 bits per heavy atom. The van der Waals surface area contributed by atoms with Crippen LogP contribution < -0.4 is 0 Å². The number of hydrogen-bond acceptors (Lipinski definition) is 1. The maximum absolute atomic E-state index is 11.8. The van der Waals surface area contributed by atoms with Crippen LogP contribution >= 0.6 is 0 Å². The summed E-state index contributed by atoms with van der Waals surface area (Å²) in [5.41, 5.74) is 0. The monoisotopic (exact) mass is 163 g/mol. The van der Waals surface area contributed by atoms with E-state index in [4.69, 9.17) is 0 Å². The highest BCUT2D eigenvalue weighted by atomic mass is 19.3. The van der Waals surface area contributed by atoms with Crippen molar-refractivity contribution >= 4 is 0 Å². The van der Waals surface area contributed by atoms with E-state index in [0.29, 0.717) is 6.04 Å². The highest BCUT2D eigenvalue weighted by Crippen LogP contribution is 2.23. The normalized spacial score (nSPS) is 21.3. The average Bonchev–Trinajstić information content (AvgIpc) is 1.75. The van der Waals surface area contributed by atoms with Crippen LogP contribution in [-0.2, 0) is 0 Å². The Morgan fingerprint density at radius 2 is 1.91 bits per heavy atom. The average molecular weight is 163 g/mol. The van der Waals surface area contributed by atoms with Gasteiger partial charge in [-0.15, -0.1) is 0 Å². The van der Waals surface area contributed by atoms with Crippen molar-refractivity contribution in [1.82, 2.24) is 4.90 Å². The Morgan fingerprint density at radius 1 is 1.36 bits per heavy atom. The van der Waals surface area contributed by atoms with Gasteiger partial charge < -0.3 is 4.90 Å². The van der Waals surface area contributed by atoms with E-state index in [1.807, 2.05) is 0 Å². The number of rotatable bonds is 3. The van der Waals surface area contributed by atoms with Crippen molar-refractivity contribution in [2.24, 2.45) is 5.92 Å². The van der Waals surface area contributed by atoms with Crippen LogP contribution in [0.25, 0.3) is 0 Å². The fourth-order valence-corrected chi connectivity index (χ4v) is 1.43. The van der Waals surface area contributed by atoms with Crippen LogP contribution in [0.5, 0.6) is 0 Å². The van der Waals surface area contributed by atoms with Gasteiger partial charge in [-0.2, -0.15) is 0 Å². The third-order valence-electron chi connectivity index (χ3n) is 2.23. The fourth-order valence-electron chi connectivity index (χ4n) is 1.43. The van der Waals surface area contributed by atoms with Crippen molar-refractivity contribution in [3.8, 4) is 0 Å². The van der Waals surface area contributed by atoms with Crippen LogP contribution in [0, 0.1) is 5.92 Å². The van der Waals surface area contributed by atoms with Gasteiger partial charge in [0, 0.05) is 25.6 Å². The van der Waals surface area contributed by atoms with E-state index in [2.05, 4.69) is 18.7 Å². The van der Waals surface area contributed by atoms with Gasteiger partial charge in [0.1, 0.15) is 0 Å². The molecular weight excluding hydrogens is 148 g/mol. The van der Waals surface area contributed by atoms with Gasteiger partial charge >= 0.3 is 0 Å². The second-order valence-electron chi connectivity index (χ2n) is 3.54. The van der Waals surface area contributed by atoms with Crippen LogP contribution in [0.2, 0.25) is 0 Å². The molecule has 0 aromatic heterocycles. The van der Waals surface area contributed by atoms with Gasteiger partial charge in [0.2, 0.25) is 6.43 Å². The molecule has 0 aromatic rings. The second-order valence-corrected chi connectivity index (χ2v) is 3.54. The van der Waals surface area contributed by atoms with E-state index in [9.17, 15) is 8.78 Å². The predicted molar refractivity (Wildman–Crippen MR) is 40.8 cm³/mol. The Kier molecular flexibility index (Phi) is 2.82. The standard InChI is InChI=1S/C8H15F2N/c1-6(2)11-4-7(5-11)3-8(9)10/h6-8H,3-5H2,1-2H3. The maximum Gasteiger partial charge on any atom is 0.239 e. The molecule has 0 amide bonds. The lowest BCUT2D eigenvalue weighted by atomic mass is 9.95. The molecule has 0 N–H and O–H groups in total. The van der Waals surface area contributed by atoms with Gasteiger partial charge in [-0.3, -0.25) is 0 Å². The molecule has 0 saturated carbocycles. The predicted octanol–water partition coefficient (Wildman–Crippen LogP) is 1.98. The van der Waals surface area contributed by atoms with Gasteiger partial charge in [-0.05, 0) is 19.8 Å². The first-order chi connectivity index (χ1) is 5.09. The highest BCUT2D eigenvalue weighted by molar-refractivity contribution is 4.82. The summed E-state index contributed by atoms with van der Waals surface area (Å²) in [6.07, 6.45) is -2.03. The zero-order valence-corrected chi connectivity index (χ0v) is 7.06. The van der Waals surface area contributed by atoms with E-state index >= 15 is 0 Å². The van der Waals surface area contributed by atoms with Gasteiger partial charge in [-0.1, -0.05) is 0 Å². The molecule has 1 heterocycles. The molecule has 0 radical (unpaired) electrons. The largest absolute Gasteiger partial charge is 0.300 e. The molecular formula is C8H15F2N. The highest BCUT2D eigenvalue weighted by Gasteiger charge is 2.30. The van der Waals surface area contributed by atoms with E-state index in [0.717, 1.165) is 13.1 Å². The second kappa shape index (κ2) is 3.48. The molecule has 66 valence electrons. The number of halogens is 2. The summed E-state index contributed by atoms with van der Waals surface area (Å²) in [4.78, 5) is 2.22. The summed E-state index contributed by atoms with van der Waals surface area (Å²) in [7, 11) is 0. The molecule has 0 aromatic carbocycles. The quantitative estimate of drug-likeness (QED) is 0.615. The van der Waals surface area contributed by atoms with E-state index in [-0.39, 0.29) is 12.3 Å². The molecule has 1 rings (SSSR count). The lowest BCUT2D eigenvalue weighted by Gasteiger charge is -2.42. The third kappa shape index (κ3) is 2.40. The molecule has 11 heavy (non-hydrogen) atoms. The first-order valence-electron chi connectivity index (χ1n) is 4.11. The molecule has 3 heteroatoms. The first kappa shape index (κ1) is 8.91. The number of hydrogen-bond donors (Lipinski definition) is 0. The first-order valence-corrected chi connectivity index (χ1v) is 4.11. The summed E-state index contributed by atoms with van der Waals surface area (Å²) >= 11 is 0. The van der Waals surface area contributed by atoms with E-state index in [1.165, 1.54) is 0 Å². The van der Waals surface area contributed by atoms with Crippen molar-refractivity contribution in [2.75, 3.05) is 13.1 Å². The summed E-state index contributed by atoms with van der Waals surface area (Å²) < 4.78 is 23.6. The Balaban J connectivity index is 2.09. The van der Waals surface area contributed by atoms with Crippen LogP contribution in [-0.4, -0.2) is 30.5 Å². The Bertz CT molecular complexity index is 119. The van der Waals surface area contributed by atoms with Crippen molar-refractivity contribution in [2.45, 2.75) is 32.7 Å². The van der Waals surface area contributed by atoms with Crippen LogP contribution in [0.1, 0.15) is 20.3 Å². The minimum atomic E-state index is -2.12. The number of alkyl halides is 2. The summed E-state index contributed by atoms with van der Waals surface area (Å²) in [5, 5.41) is 0. The number of likely N-dealkylation sites (tertiary alicyclic amines) is 1. The van der Waals surface area contributed by atoms with E-state index in [1.54, 1.807) is 0 Å². The molecule has 1 fully saturated rings. The molecule has 0 unspecified atom stereocenters. The molecule has 0 bridgehead atoms. The summed E-state index contributed by atoms with van der Waals surface area (Å²) in [6.45, 7) is 5.92. The zero-order chi connectivity index (χ0) is 8.43. The van der Waals surface area contributed by atoms with Crippen LogP contribution in [0.15, 0.2) is 0 Å². The summed E-state index contributed by atoms with van der Waals surface area (Å²) in [5.74, 6) is 0.248. The van der Waals surface area contributed by atoms with Crippen molar-refractivity contribution in [3.05, 3.63) is 0 Å². The number of nitrogens with zero attached hydrogens (tertiary/aromatic N) is 1. The van der Waals surface area contributed by atoms with Gasteiger partial charge in [0.05, 0.1) is 0 Å². The lowest BCUT2D eigenvalue weighted by Crippen LogP contribution is -2.50. The minimum absolute atomic E-state index is 0.0865.